The fourth-order valence-corrected chi connectivity index (χ4v) is 2.83. The molecule has 9 nitrogen and oxygen atoms in total. The van der Waals surface area contributed by atoms with Crippen molar-refractivity contribution in [1.29, 1.82) is 0 Å². The third kappa shape index (κ3) is 4.02. The quantitative estimate of drug-likeness (QED) is 0.652. The molecule has 1 aliphatic rings. The van der Waals surface area contributed by atoms with Crippen LogP contribution in [0.25, 0.3) is 0 Å². The highest BCUT2D eigenvalue weighted by atomic mass is 16.5. The number of nitrogens with two attached hydrogens (primary N) is 1. The van der Waals surface area contributed by atoms with Gasteiger partial charge in [0.15, 0.2) is 5.76 Å². The molecule has 0 aliphatic heterocycles. The van der Waals surface area contributed by atoms with Crippen LogP contribution >= 0.6 is 0 Å². The number of aromatic nitrogens is 5. The molecule has 0 amide bonds. The third-order valence-corrected chi connectivity index (χ3v) is 4.18. The number of rotatable bonds is 7. The fourth-order valence-electron chi connectivity index (χ4n) is 2.83. The van der Waals surface area contributed by atoms with Crippen LogP contribution in [0, 0.1) is 6.92 Å². The van der Waals surface area contributed by atoms with E-state index in [9.17, 15) is 0 Å². The van der Waals surface area contributed by atoms with Gasteiger partial charge in [-0.3, -0.25) is 10.00 Å². The zero-order valence-electron chi connectivity index (χ0n) is 15.6. The standard InChI is InChI=1S/C18H23N7O2/c1-10(2)26-17-8-16(22-23-17)25(18-20-11(3)6-15(19)21-18)9-13-7-14(24-27-13)12-4-5-12/h6-8,10,12H,4-5,9H2,1-3H3,(H,22,23)(H2,19,20,21). The molecule has 0 bridgehead atoms. The molecule has 142 valence electrons. The molecule has 0 radical (unpaired) electrons. The Kier molecular flexibility index (Phi) is 4.43. The minimum Gasteiger partial charge on any atom is -0.474 e. The van der Waals surface area contributed by atoms with Gasteiger partial charge in [-0.05, 0) is 33.6 Å². The smallest absolute Gasteiger partial charge is 0.234 e. The Morgan fingerprint density at radius 1 is 1.30 bits per heavy atom. The number of aromatic amines is 1. The van der Waals surface area contributed by atoms with Gasteiger partial charge in [-0.25, -0.2) is 4.98 Å². The Morgan fingerprint density at radius 3 is 2.81 bits per heavy atom. The molecule has 9 heteroatoms. The van der Waals surface area contributed by atoms with Crippen molar-refractivity contribution < 1.29 is 9.26 Å². The van der Waals surface area contributed by atoms with E-state index in [1.807, 2.05) is 31.7 Å². The molecule has 1 saturated carbocycles. The number of hydrogen-bond donors (Lipinski definition) is 2. The van der Waals surface area contributed by atoms with E-state index in [-0.39, 0.29) is 6.10 Å². The van der Waals surface area contributed by atoms with E-state index in [1.54, 1.807) is 12.1 Å². The van der Waals surface area contributed by atoms with E-state index in [4.69, 9.17) is 15.0 Å². The third-order valence-electron chi connectivity index (χ3n) is 4.18. The molecular formula is C18H23N7O2. The normalized spacial score (nSPS) is 13.9. The van der Waals surface area contributed by atoms with Gasteiger partial charge in [0.1, 0.15) is 11.6 Å². The van der Waals surface area contributed by atoms with E-state index in [1.165, 1.54) is 12.8 Å². The minimum absolute atomic E-state index is 0.0239. The van der Waals surface area contributed by atoms with Crippen LogP contribution in [0.15, 0.2) is 22.7 Å². The number of nitrogen functional groups attached to an aromatic ring is 1. The summed E-state index contributed by atoms with van der Waals surface area (Å²) < 4.78 is 11.2. The van der Waals surface area contributed by atoms with E-state index in [0.29, 0.717) is 35.9 Å². The summed E-state index contributed by atoms with van der Waals surface area (Å²) in [6.45, 7) is 6.17. The highest BCUT2D eigenvalue weighted by molar-refractivity contribution is 5.55. The van der Waals surface area contributed by atoms with E-state index < -0.39 is 0 Å². The lowest BCUT2D eigenvalue weighted by Crippen LogP contribution is -2.20. The predicted octanol–water partition coefficient (Wildman–Crippen LogP) is 3.08. The topological polar surface area (TPSA) is 119 Å². The number of nitrogens with one attached hydrogen (secondary N) is 1. The van der Waals surface area contributed by atoms with Gasteiger partial charge in [-0.2, -0.15) is 4.98 Å². The Hall–Kier alpha value is -3.10. The molecule has 3 aromatic rings. The number of H-pyrrole nitrogens is 1. The number of hydrogen-bond acceptors (Lipinski definition) is 8. The van der Waals surface area contributed by atoms with Crippen molar-refractivity contribution >= 4 is 17.6 Å². The summed E-state index contributed by atoms with van der Waals surface area (Å²) in [7, 11) is 0. The van der Waals surface area contributed by atoms with Crippen LogP contribution in [0.4, 0.5) is 17.6 Å². The Labute approximate surface area is 156 Å². The molecule has 3 aromatic heterocycles. The molecule has 1 fully saturated rings. The summed E-state index contributed by atoms with van der Waals surface area (Å²) >= 11 is 0. The lowest BCUT2D eigenvalue weighted by molar-refractivity contribution is 0.232. The first-order valence-electron chi connectivity index (χ1n) is 9.04. The lowest BCUT2D eigenvalue weighted by atomic mass is 10.2. The van der Waals surface area contributed by atoms with Crippen LogP contribution in [0.1, 0.15) is 49.8 Å². The number of ether oxygens (including phenoxy) is 1. The Bertz CT molecular complexity index is 909. The summed E-state index contributed by atoms with van der Waals surface area (Å²) in [6, 6.07) is 5.52. The van der Waals surface area contributed by atoms with Crippen LogP contribution in [0.5, 0.6) is 5.88 Å². The second-order valence-electron chi connectivity index (χ2n) is 7.07. The zero-order valence-corrected chi connectivity index (χ0v) is 15.6. The van der Waals surface area contributed by atoms with E-state index >= 15 is 0 Å². The highest BCUT2D eigenvalue weighted by Gasteiger charge is 2.28. The molecule has 0 aromatic carbocycles. The van der Waals surface area contributed by atoms with Gasteiger partial charge in [0.2, 0.25) is 11.8 Å². The first kappa shape index (κ1) is 17.3. The monoisotopic (exact) mass is 369 g/mol. The van der Waals surface area contributed by atoms with Crippen LogP contribution in [0.2, 0.25) is 0 Å². The summed E-state index contributed by atoms with van der Waals surface area (Å²) in [5.41, 5.74) is 7.71. The van der Waals surface area contributed by atoms with Gasteiger partial charge >= 0.3 is 0 Å². The fraction of sp³-hybridized carbons (Fsp3) is 0.444. The van der Waals surface area contributed by atoms with Crippen molar-refractivity contribution in [1.82, 2.24) is 25.3 Å². The molecule has 0 saturated heterocycles. The van der Waals surface area contributed by atoms with Crippen LogP contribution < -0.4 is 15.4 Å². The van der Waals surface area contributed by atoms with Crippen molar-refractivity contribution in [3.05, 3.63) is 35.3 Å². The molecule has 1 aliphatic carbocycles. The molecule has 0 spiro atoms. The molecule has 4 rings (SSSR count). The lowest BCUT2D eigenvalue weighted by Gasteiger charge is -2.19. The number of nitrogens with zero attached hydrogens (tertiary/aromatic N) is 5. The summed E-state index contributed by atoms with van der Waals surface area (Å²) in [4.78, 5) is 10.7. The number of anilines is 3. The molecule has 3 heterocycles. The van der Waals surface area contributed by atoms with Gasteiger partial charge in [-0.1, -0.05) is 5.16 Å². The molecule has 27 heavy (non-hydrogen) atoms. The maximum atomic E-state index is 5.93. The highest BCUT2D eigenvalue weighted by Crippen LogP contribution is 2.39. The average molecular weight is 369 g/mol. The second-order valence-corrected chi connectivity index (χ2v) is 7.07. The summed E-state index contributed by atoms with van der Waals surface area (Å²) in [5.74, 6) is 3.29. The van der Waals surface area contributed by atoms with Crippen molar-refractivity contribution in [2.75, 3.05) is 10.6 Å². The Balaban J connectivity index is 1.66. The van der Waals surface area contributed by atoms with E-state index in [2.05, 4.69) is 25.3 Å². The van der Waals surface area contributed by atoms with Crippen molar-refractivity contribution in [3.8, 4) is 5.88 Å². The second kappa shape index (κ2) is 6.90. The van der Waals surface area contributed by atoms with Crippen molar-refractivity contribution in [2.24, 2.45) is 0 Å². The van der Waals surface area contributed by atoms with Crippen molar-refractivity contribution in [2.45, 2.75) is 52.2 Å². The van der Waals surface area contributed by atoms with Gasteiger partial charge < -0.3 is 15.0 Å². The average Bonchev–Trinajstić information content (AvgIpc) is 3.16. The van der Waals surface area contributed by atoms with Crippen LogP contribution in [0.3, 0.4) is 0 Å². The summed E-state index contributed by atoms with van der Waals surface area (Å²) in [5, 5.41) is 11.4. The predicted molar refractivity (Wildman–Crippen MR) is 99.9 cm³/mol. The van der Waals surface area contributed by atoms with Crippen LogP contribution in [-0.2, 0) is 6.54 Å². The maximum Gasteiger partial charge on any atom is 0.234 e. The van der Waals surface area contributed by atoms with Gasteiger partial charge in [0.25, 0.3) is 0 Å². The molecule has 3 N–H and O–H groups in total. The molecule has 0 unspecified atom stereocenters. The zero-order chi connectivity index (χ0) is 19.0. The van der Waals surface area contributed by atoms with Gasteiger partial charge in [0.05, 0.1) is 18.3 Å². The Morgan fingerprint density at radius 2 is 2.11 bits per heavy atom. The summed E-state index contributed by atoms with van der Waals surface area (Å²) in [6.07, 6.45) is 2.36. The van der Waals surface area contributed by atoms with Crippen LogP contribution in [-0.4, -0.2) is 31.4 Å². The molecular weight excluding hydrogens is 346 g/mol. The maximum absolute atomic E-state index is 5.93. The first-order chi connectivity index (χ1) is 13.0. The van der Waals surface area contributed by atoms with E-state index in [0.717, 1.165) is 17.1 Å². The minimum atomic E-state index is 0.0239. The SMILES string of the molecule is Cc1cc(N)nc(N(Cc2cc(C3CC3)no2)c2cc(OC(C)C)n[nH]2)n1. The first-order valence-corrected chi connectivity index (χ1v) is 9.04. The number of aryl methyl sites for hydroxylation is 1. The van der Waals surface area contributed by atoms with Gasteiger partial charge in [0, 0.05) is 29.8 Å². The van der Waals surface area contributed by atoms with Crippen molar-refractivity contribution in [3.63, 3.8) is 0 Å². The molecule has 0 atom stereocenters. The largest absolute Gasteiger partial charge is 0.474 e. The van der Waals surface area contributed by atoms with Gasteiger partial charge in [-0.15, -0.1) is 5.10 Å².